The zero-order valence-electron chi connectivity index (χ0n) is 10.5. The first kappa shape index (κ1) is 12.1. The van der Waals surface area contributed by atoms with Crippen LogP contribution in [0.25, 0.3) is 0 Å². The van der Waals surface area contributed by atoms with Crippen molar-refractivity contribution < 1.29 is 0 Å². The van der Waals surface area contributed by atoms with Crippen molar-refractivity contribution in [3.8, 4) is 0 Å². The second-order valence-electron chi connectivity index (χ2n) is 4.98. The number of nitrogens with one attached hydrogen (secondary N) is 1. The largest absolute Gasteiger partial charge is 0.380 e. The normalized spacial score (nSPS) is 13.5. The van der Waals surface area contributed by atoms with Gasteiger partial charge in [0.2, 0.25) is 0 Å². The molecule has 0 bridgehead atoms. The van der Waals surface area contributed by atoms with Crippen LogP contribution < -0.4 is 5.32 Å². The summed E-state index contributed by atoms with van der Waals surface area (Å²) in [6.45, 7) is 11.0. The van der Waals surface area contributed by atoms with Crippen molar-refractivity contribution in [2.45, 2.75) is 53.1 Å². The van der Waals surface area contributed by atoms with E-state index in [-0.39, 0.29) is 0 Å². The molecule has 0 fully saturated rings. The Morgan fingerprint density at radius 2 is 1.93 bits per heavy atom. The first-order chi connectivity index (χ1) is 6.99. The van der Waals surface area contributed by atoms with Gasteiger partial charge in [-0.3, -0.25) is 4.68 Å². The molecule has 0 radical (unpaired) electrons. The molecule has 1 unspecified atom stereocenters. The Labute approximate surface area is 92.9 Å². The second-order valence-corrected chi connectivity index (χ2v) is 4.98. The summed E-state index contributed by atoms with van der Waals surface area (Å²) in [5.41, 5.74) is 1.12. The standard InChI is InChI=1S/C12H23N3/c1-9(2)6-11(5)14-12-7-13-15(8-12)10(3)4/h7-11,14H,6H2,1-5H3. The molecule has 0 aliphatic rings. The number of aromatic nitrogens is 2. The molecular weight excluding hydrogens is 186 g/mol. The van der Waals surface area contributed by atoms with Crippen LogP contribution >= 0.6 is 0 Å². The van der Waals surface area contributed by atoms with Crippen LogP contribution in [-0.2, 0) is 0 Å². The second kappa shape index (κ2) is 5.19. The van der Waals surface area contributed by atoms with Crippen LogP contribution in [0.2, 0.25) is 0 Å². The molecule has 0 aromatic carbocycles. The average molecular weight is 209 g/mol. The molecule has 1 aromatic heterocycles. The van der Waals surface area contributed by atoms with Gasteiger partial charge in [-0.05, 0) is 33.1 Å². The Morgan fingerprint density at radius 1 is 1.27 bits per heavy atom. The monoisotopic (exact) mass is 209 g/mol. The maximum Gasteiger partial charge on any atom is 0.0728 e. The first-order valence-corrected chi connectivity index (χ1v) is 5.79. The van der Waals surface area contributed by atoms with E-state index >= 15 is 0 Å². The van der Waals surface area contributed by atoms with Gasteiger partial charge in [-0.2, -0.15) is 5.10 Å². The third-order valence-corrected chi connectivity index (χ3v) is 2.37. The van der Waals surface area contributed by atoms with E-state index < -0.39 is 0 Å². The maximum absolute atomic E-state index is 4.30. The number of hydrogen-bond acceptors (Lipinski definition) is 2. The fraction of sp³-hybridized carbons (Fsp3) is 0.750. The van der Waals surface area contributed by atoms with Crippen molar-refractivity contribution in [3.63, 3.8) is 0 Å². The van der Waals surface area contributed by atoms with E-state index in [1.165, 1.54) is 6.42 Å². The van der Waals surface area contributed by atoms with Crippen molar-refractivity contribution in [2.24, 2.45) is 5.92 Å². The van der Waals surface area contributed by atoms with Gasteiger partial charge in [0.25, 0.3) is 0 Å². The summed E-state index contributed by atoms with van der Waals surface area (Å²) in [6.07, 6.45) is 5.16. The van der Waals surface area contributed by atoms with Crippen molar-refractivity contribution in [1.82, 2.24) is 9.78 Å². The third kappa shape index (κ3) is 3.94. The summed E-state index contributed by atoms with van der Waals surface area (Å²) < 4.78 is 1.98. The highest BCUT2D eigenvalue weighted by Gasteiger charge is 2.07. The Bertz CT molecular complexity index is 289. The molecule has 86 valence electrons. The average Bonchev–Trinajstić information content (AvgIpc) is 2.50. The maximum atomic E-state index is 4.30. The quantitative estimate of drug-likeness (QED) is 0.806. The van der Waals surface area contributed by atoms with Gasteiger partial charge in [-0.25, -0.2) is 0 Å². The van der Waals surface area contributed by atoms with Gasteiger partial charge in [0.05, 0.1) is 11.9 Å². The molecule has 1 atom stereocenters. The Morgan fingerprint density at radius 3 is 2.40 bits per heavy atom. The van der Waals surface area contributed by atoms with Crippen LogP contribution in [-0.4, -0.2) is 15.8 Å². The lowest BCUT2D eigenvalue weighted by atomic mass is 10.1. The molecule has 0 spiro atoms. The predicted molar refractivity (Wildman–Crippen MR) is 65.2 cm³/mol. The lowest BCUT2D eigenvalue weighted by molar-refractivity contribution is 0.531. The van der Waals surface area contributed by atoms with Gasteiger partial charge in [0, 0.05) is 18.3 Å². The molecule has 1 N–H and O–H groups in total. The van der Waals surface area contributed by atoms with Gasteiger partial charge in [0.15, 0.2) is 0 Å². The van der Waals surface area contributed by atoms with E-state index in [2.05, 4.69) is 51.2 Å². The van der Waals surface area contributed by atoms with Crippen molar-refractivity contribution in [3.05, 3.63) is 12.4 Å². The molecule has 1 rings (SSSR count). The van der Waals surface area contributed by atoms with Gasteiger partial charge >= 0.3 is 0 Å². The molecule has 0 aliphatic carbocycles. The summed E-state index contributed by atoms with van der Waals surface area (Å²) in [6, 6.07) is 0.941. The highest BCUT2D eigenvalue weighted by molar-refractivity contribution is 5.39. The Balaban J connectivity index is 2.49. The van der Waals surface area contributed by atoms with Crippen LogP contribution in [0, 0.1) is 5.92 Å². The van der Waals surface area contributed by atoms with E-state index in [4.69, 9.17) is 0 Å². The van der Waals surface area contributed by atoms with Crippen LogP contribution in [0.15, 0.2) is 12.4 Å². The summed E-state index contributed by atoms with van der Waals surface area (Å²) in [5, 5.41) is 7.77. The molecule has 1 heterocycles. The van der Waals surface area contributed by atoms with Crippen molar-refractivity contribution >= 4 is 5.69 Å². The number of hydrogen-bond donors (Lipinski definition) is 1. The molecule has 3 heteroatoms. The SMILES string of the molecule is CC(C)CC(C)Nc1cnn(C(C)C)c1. The first-order valence-electron chi connectivity index (χ1n) is 5.79. The Kier molecular flexibility index (Phi) is 4.18. The predicted octanol–water partition coefficient (Wildman–Crippen LogP) is 3.31. The van der Waals surface area contributed by atoms with Gasteiger partial charge in [-0.1, -0.05) is 13.8 Å². The topological polar surface area (TPSA) is 29.9 Å². The van der Waals surface area contributed by atoms with Gasteiger partial charge in [-0.15, -0.1) is 0 Å². The zero-order chi connectivity index (χ0) is 11.4. The van der Waals surface area contributed by atoms with Gasteiger partial charge in [0.1, 0.15) is 0 Å². The minimum Gasteiger partial charge on any atom is -0.380 e. The summed E-state index contributed by atoms with van der Waals surface area (Å²) in [7, 11) is 0. The summed E-state index contributed by atoms with van der Waals surface area (Å²) >= 11 is 0. The lowest BCUT2D eigenvalue weighted by Gasteiger charge is -2.15. The van der Waals surface area contributed by atoms with E-state index in [0.29, 0.717) is 12.1 Å². The van der Waals surface area contributed by atoms with Crippen molar-refractivity contribution in [1.29, 1.82) is 0 Å². The fourth-order valence-corrected chi connectivity index (χ4v) is 1.75. The lowest BCUT2D eigenvalue weighted by Crippen LogP contribution is -2.17. The fourth-order valence-electron chi connectivity index (χ4n) is 1.75. The molecule has 0 saturated heterocycles. The third-order valence-electron chi connectivity index (χ3n) is 2.37. The molecule has 15 heavy (non-hydrogen) atoms. The molecule has 3 nitrogen and oxygen atoms in total. The van der Waals surface area contributed by atoms with E-state index in [0.717, 1.165) is 11.6 Å². The van der Waals surface area contributed by atoms with Crippen LogP contribution in [0.3, 0.4) is 0 Å². The summed E-state index contributed by atoms with van der Waals surface area (Å²) in [5.74, 6) is 0.729. The number of nitrogens with zero attached hydrogens (tertiary/aromatic N) is 2. The van der Waals surface area contributed by atoms with Crippen LogP contribution in [0.1, 0.15) is 47.1 Å². The molecule has 1 aromatic rings. The van der Waals surface area contributed by atoms with Crippen molar-refractivity contribution in [2.75, 3.05) is 5.32 Å². The van der Waals surface area contributed by atoms with E-state index in [9.17, 15) is 0 Å². The summed E-state index contributed by atoms with van der Waals surface area (Å²) in [4.78, 5) is 0. The minimum absolute atomic E-state index is 0.431. The molecule has 0 amide bonds. The molecule has 0 saturated carbocycles. The zero-order valence-corrected chi connectivity index (χ0v) is 10.5. The smallest absolute Gasteiger partial charge is 0.0728 e. The number of rotatable bonds is 5. The Hall–Kier alpha value is -0.990. The van der Waals surface area contributed by atoms with Gasteiger partial charge < -0.3 is 5.32 Å². The van der Waals surface area contributed by atoms with Crippen LogP contribution in [0.5, 0.6) is 0 Å². The number of anilines is 1. The minimum atomic E-state index is 0.431. The van der Waals surface area contributed by atoms with Crippen LogP contribution in [0.4, 0.5) is 5.69 Å². The molecule has 0 aliphatic heterocycles. The van der Waals surface area contributed by atoms with E-state index in [1.54, 1.807) is 0 Å². The highest BCUT2D eigenvalue weighted by atomic mass is 15.3. The van der Waals surface area contributed by atoms with E-state index in [1.807, 2.05) is 10.9 Å². The molecular formula is C12H23N3. The highest BCUT2D eigenvalue weighted by Crippen LogP contribution is 2.13.